The summed E-state index contributed by atoms with van der Waals surface area (Å²) in [4.78, 5) is 16.6. The van der Waals surface area contributed by atoms with Gasteiger partial charge in [0.2, 0.25) is 0 Å². The molecule has 0 amide bonds. The summed E-state index contributed by atoms with van der Waals surface area (Å²) in [6.07, 6.45) is 3.10. The van der Waals surface area contributed by atoms with Crippen LogP contribution in [-0.2, 0) is 24.6 Å². The molecular formula is C34H35ClFN3O4. The maximum atomic E-state index is 13.7. The Balaban J connectivity index is 1.37. The first kappa shape index (κ1) is 29.2. The molecule has 224 valence electrons. The molecule has 6 rings (SSSR count). The van der Waals surface area contributed by atoms with Crippen molar-refractivity contribution < 1.29 is 23.8 Å². The van der Waals surface area contributed by atoms with Crippen LogP contribution < -0.4 is 4.74 Å². The number of rotatable bonds is 11. The third-order valence-electron chi connectivity index (χ3n) is 8.27. The van der Waals surface area contributed by atoms with Crippen LogP contribution in [0.5, 0.6) is 5.75 Å². The topological polar surface area (TPSA) is 89.4 Å². The number of aryl methyl sites for hydroxylation is 2. The number of carbonyl (C=O) groups is 1. The van der Waals surface area contributed by atoms with Crippen LogP contribution >= 0.6 is 11.6 Å². The molecule has 1 fully saturated rings. The molecule has 0 aliphatic heterocycles. The van der Waals surface area contributed by atoms with Crippen LogP contribution in [0.15, 0.2) is 48.5 Å². The molecule has 9 heteroatoms. The largest absolute Gasteiger partial charge is 0.493 e. The first-order valence-corrected chi connectivity index (χ1v) is 15.3. The van der Waals surface area contributed by atoms with Crippen LogP contribution in [0.1, 0.15) is 66.7 Å². The van der Waals surface area contributed by atoms with Gasteiger partial charge in [-0.05, 0) is 86.2 Å². The van der Waals surface area contributed by atoms with E-state index in [1.165, 1.54) is 12.1 Å². The van der Waals surface area contributed by atoms with Crippen LogP contribution in [0.4, 0.5) is 4.39 Å². The molecule has 5 aromatic rings. The van der Waals surface area contributed by atoms with Gasteiger partial charge in [-0.25, -0.2) is 9.18 Å². The van der Waals surface area contributed by atoms with Crippen LogP contribution in [0.25, 0.3) is 32.8 Å². The molecule has 1 aliphatic rings. The molecule has 0 radical (unpaired) electrons. The molecule has 1 saturated carbocycles. The lowest BCUT2D eigenvalue weighted by molar-refractivity contribution is 0.0519. The van der Waals surface area contributed by atoms with Gasteiger partial charge in [0.15, 0.2) is 0 Å². The van der Waals surface area contributed by atoms with Gasteiger partial charge in [-0.2, -0.15) is 5.10 Å². The number of benzene rings is 3. The highest BCUT2D eigenvalue weighted by Crippen LogP contribution is 2.47. The molecule has 1 aliphatic carbocycles. The van der Waals surface area contributed by atoms with Gasteiger partial charge in [0.1, 0.15) is 23.4 Å². The summed E-state index contributed by atoms with van der Waals surface area (Å²) >= 11 is 6.90. The smallest absolute Gasteiger partial charge is 0.355 e. The number of esters is 1. The quantitative estimate of drug-likeness (QED) is 0.119. The molecule has 3 aromatic carbocycles. The fourth-order valence-corrected chi connectivity index (χ4v) is 6.31. The van der Waals surface area contributed by atoms with E-state index in [0.717, 1.165) is 56.9 Å². The maximum Gasteiger partial charge on any atom is 0.355 e. The Morgan fingerprint density at radius 2 is 1.95 bits per heavy atom. The van der Waals surface area contributed by atoms with E-state index in [1.54, 1.807) is 13.0 Å². The number of nitrogens with zero attached hydrogens (tertiary/aromatic N) is 2. The summed E-state index contributed by atoms with van der Waals surface area (Å²) in [6, 6.07) is 14.0. The van der Waals surface area contributed by atoms with E-state index in [9.17, 15) is 14.3 Å². The number of aliphatic hydroxyl groups excluding tert-OH is 1. The minimum Gasteiger partial charge on any atom is -0.493 e. The van der Waals surface area contributed by atoms with Crippen molar-refractivity contribution in [3.63, 3.8) is 0 Å². The zero-order valence-electron chi connectivity index (χ0n) is 24.5. The Labute approximate surface area is 254 Å². The zero-order valence-corrected chi connectivity index (χ0v) is 25.3. The average Bonchev–Trinajstić information content (AvgIpc) is 3.70. The molecule has 2 aromatic heterocycles. The first-order valence-electron chi connectivity index (χ1n) is 14.9. The molecule has 0 saturated heterocycles. The number of aromatic nitrogens is 3. The number of aromatic amines is 1. The molecule has 2 N–H and O–H groups in total. The number of hydrogen-bond donors (Lipinski definition) is 2. The summed E-state index contributed by atoms with van der Waals surface area (Å²) in [5, 5.41) is 18.9. The summed E-state index contributed by atoms with van der Waals surface area (Å²) in [5.41, 5.74) is 5.05. The van der Waals surface area contributed by atoms with Crippen LogP contribution in [0.2, 0.25) is 5.02 Å². The van der Waals surface area contributed by atoms with Gasteiger partial charge in [0, 0.05) is 34.6 Å². The van der Waals surface area contributed by atoms with E-state index in [-0.39, 0.29) is 18.3 Å². The molecule has 43 heavy (non-hydrogen) atoms. The number of ether oxygens (including phenoxy) is 2. The lowest BCUT2D eigenvalue weighted by Gasteiger charge is -2.13. The number of carbonyl (C=O) groups excluding carboxylic acids is 1. The summed E-state index contributed by atoms with van der Waals surface area (Å²) < 4.78 is 27.1. The summed E-state index contributed by atoms with van der Waals surface area (Å²) in [6.45, 7) is 4.47. The predicted octanol–water partition coefficient (Wildman–Crippen LogP) is 7.71. The Morgan fingerprint density at radius 3 is 2.70 bits per heavy atom. The second kappa shape index (κ2) is 12.0. The van der Waals surface area contributed by atoms with Crippen molar-refractivity contribution >= 4 is 39.2 Å². The fraction of sp³-hybridized carbons (Fsp3) is 0.353. The van der Waals surface area contributed by atoms with Crippen molar-refractivity contribution in [1.82, 2.24) is 14.8 Å². The molecule has 1 unspecified atom stereocenters. The Hall–Kier alpha value is -3.88. The monoisotopic (exact) mass is 603 g/mol. The minimum absolute atomic E-state index is 0.186. The summed E-state index contributed by atoms with van der Waals surface area (Å²) in [7, 11) is 1.89. The van der Waals surface area contributed by atoms with Gasteiger partial charge in [-0.1, -0.05) is 36.7 Å². The van der Waals surface area contributed by atoms with Crippen LogP contribution in [0.3, 0.4) is 0 Å². The molecule has 7 nitrogen and oxygen atoms in total. The van der Waals surface area contributed by atoms with E-state index in [4.69, 9.17) is 26.2 Å². The lowest BCUT2D eigenvalue weighted by Crippen LogP contribution is -2.09. The third-order valence-corrected chi connectivity index (χ3v) is 8.58. The number of halogens is 2. The van der Waals surface area contributed by atoms with Crippen molar-refractivity contribution in [3.05, 3.63) is 82.0 Å². The highest BCUT2D eigenvalue weighted by Gasteiger charge is 2.36. The SMILES string of the molecule is CCOC(=O)c1[nH]c2c(-c3c(C(O)C4CC4)nn(C)c3CC)c(Cl)ccc2c1CCCOc1cccc2cc(F)ccc12. The molecular weight excluding hydrogens is 569 g/mol. The number of hydrogen-bond acceptors (Lipinski definition) is 5. The lowest BCUT2D eigenvalue weighted by atomic mass is 9.94. The third kappa shape index (κ3) is 5.50. The van der Waals surface area contributed by atoms with Crippen molar-refractivity contribution in [2.75, 3.05) is 13.2 Å². The van der Waals surface area contributed by atoms with Crippen molar-refractivity contribution in [2.24, 2.45) is 13.0 Å². The van der Waals surface area contributed by atoms with Crippen LogP contribution in [0, 0.1) is 11.7 Å². The second-order valence-electron chi connectivity index (χ2n) is 11.1. The van der Waals surface area contributed by atoms with Crippen LogP contribution in [-0.4, -0.2) is 39.1 Å². The van der Waals surface area contributed by atoms with E-state index < -0.39 is 12.1 Å². The fourth-order valence-electron chi connectivity index (χ4n) is 6.06. The Bertz CT molecular complexity index is 1820. The number of nitrogens with one attached hydrogen (secondary N) is 1. The van der Waals surface area contributed by atoms with Gasteiger partial charge in [0.05, 0.1) is 29.4 Å². The van der Waals surface area contributed by atoms with Crippen molar-refractivity contribution in [2.45, 2.75) is 52.1 Å². The Kier molecular flexibility index (Phi) is 8.16. The molecule has 1 atom stereocenters. The van der Waals surface area contributed by atoms with Crippen molar-refractivity contribution in [3.8, 4) is 16.9 Å². The molecule has 0 spiro atoms. The maximum absolute atomic E-state index is 13.7. The first-order chi connectivity index (χ1) is 20.8. The van der Waals surface area contributed by atoms with Gasteiger partial charge in [-0.3, -0.25) is 4.68 Å². The molecule has 0 bridgehead atoms. The normalized spacial score (nSPS) is 14.0. The van der Waals surface area contributed by atoms with Gasteiger partial charge >= 0.3 is 5.97 Å². The highest BCUT2D eigenvalue weighted by molar-refractivity contribution is 6.35. The number of H-pyrrole nitrogens is 1. The number of aliphatic hydroxyl groups is 1. The van der Waals surface area contributed by atoms with Crippen molar-refractivity contribution in [1.29, 1.82) is 0 Å². The molecule has 2 heterocycles. The van der Waals surface area contributed by atoms with E-state index in [0.29, 0.717) is 48.0 Å². The van der Waals surface area contributed by atoms with E-state index in [2.05, 4.69) is 11.9 Å². The van der Waals surface area contributed by atoms with E-state index in [1.807, 2.05) is 42.1 Å². The van der Waals surface area contributed by atoms with Gasteiger partial charge in [-0.15, -0.1) is 0 Å². The second-order valence-corrected chi connectivity index (χ2v) is 11.5. The predicted molar refractivity (Wildman–Crippen MR) is 166 cm³/mol. The minimum atomic E-state index is -0.686. The van der Waals surface area contributed by atoms with Gasteiger partial charge < -0.3 is 19.6 Å². The summed E-state index contributed by atoms with van der Waals surface area (Å²) in [5.74, 6) is 0.141. The standard InChI is InChI=1S/C34H35ClFN3O4/c1-4-26-29(32(38-39(26)3)33(40)19-11-12-19)28-25(35)16-15-24-23(31(37-30(24)28)34(41)42-5-2)9-7-17-43-27-10-6-8-20-18-21(36)13-14-22(20)27/h6,8,10,13-16,18-19,33,37,40H,4-5,7,9,11-12,17H2,1-3H3. The average molecular weight is 604 g/mol. The zero-order chi connectivity index (χ0) is 30.2. The van der Waals surface area contributed by atoms with E-state index >= 15 is 0 Å². The highest BCUT2D eigenvalue weighted by atomic mass is 35.5. The van der Waals surface area contributed by atoms with Gasteiger partial charge in [0.25, 0.3) is 0 Å². The Morgan fingerprint density at radius 1 is 1.16 bits per heavy atom. The number of fused-ring (bicyclic) bond motifs is 2.